The Labute approximate surface area is 91.6 Å². The Bertz CT molecular complexity index is 227. The normalized spacial score (nSPS) is 27.5. The molecule has 1 aliphatic heterocycles. The summed E-state index contributed by atoms with van der Waals surface area (Å²) >= 11 is 0. The first-order valence-electron chi connectivity index (χ1n) is 5.58. The van der Waals surface area contributed by atoms with Crippen LogP contribution >= 0.6 is 0 Å². The Hall–Kier alpha value is -0.770. The molecule has 0 spiro atoms. The molecule has 2 atom stereocenters. The minimum Gasteiger partial charge on any atom is -0.465 e. The Morgan fingerprint density at radius 1 is 1.40 bits per heavy atom. The minimum atomic E-state index is -0.816. The van der Waals surface area contributed by atoms with Crippen molar-refractivity contribution < 1.29 is 9.90 Å². The first-order valence-corrected chi connectivity index (χ1v) is 5.58. The molecule has 0 radical (unpaired) electrons. The zero-order valence-electron chi connectivity index (χ0n) is 10.1. The zero-order chi connectivity index (χ0) is 11.6. The van der Waals surface area contributed by atoms with Gasteiger partial charge in [0.1, 0.15) is 0 Å². The molecule has 4 nitrogen and oxygen atoms in total. The van der Waals surface area contributed by atoms with Crippen molar-refractivity contribution in [3.8, 4) is 0 Å². The fraction of sp³-hybridized carbons (Fsp3) is 0.909. The van der Waals surface area contributed by atoms with Crippen LogP contribution in [-0.2, 0) is 0 Å². The number of amides is 1. The van der Waals surface area contributed by atoms with Gasteiger partial charge in [0.25, 0.3) is 0 Å². The van der Waals surface area contributed by atoms with Gasteiger partial charge in [-0.2, -0.15) is 0 Å². The van der Waals surface area contributed by atoms with Crippen LogP contribution in [0.2, 0.25) is 0 Å². The molecule has 2 unspecified atom stereocenters. The highest BCUT2D eigenvalue weighted by Crippen LogP contribution is 2.22. The molecule has 0 aromatic carbocycles. The van der Waals surface area contributed by atoms with Crippen LogP contribution in [0.3, 0.4) is 0 Å². The summed E-state index contributed by atoms with van der Waals surface area (Å²) in [6.45, 7) is 8.74. The maximum atomic E-state index is 11.2. The number of carbonyl (C=O) groups is 1. The van der Waals surface area contributed by atoms with E-state index in [9.17, 15) is 9.90 Å². The predicted molar refractivity (Wildman–Crippen MR) is 60.1 cm³/mol. The van der Waals surface area contributed by atoms with Crippen LogP contribution in [0.5, 0.6) is 0 Å². The Morgan fingerprint density at radius 2 is 2.00 bits per heavy atom. The minimum absolute atomic E-state index is 0.110. The summed E-state index contributed by atoms with van der Waals surface area (Å²) in [7, 11) is 0. The standard InChI is InChI=1S/C11H22N2O2/c1-8-5-6-9(7-12-8)13(10(14)15)11(2,3)4/h8-9,12H,5-7H2,1-4H3,(H,14,15). The third kappa shape index (κ3) is 3.09. The molecular weight excluding hydrogens is 192 g/mol. The third-order valence-electron chi connectivity index (χ3n) is 2.93. The highest BCUT2D eigenvalue weighted by atomic mass is 16.4. The average Bonchev–Trinajstić information content (AvgIpc) is 2.05. The molecule has 1 aliphatic rings. The maximum Gasteiger partial charge on any atom is 0.408 e. The second-order valence-electron chi connectivity index (χ2n) is 5.36. The summed E-state index contributed by atoms with van der Waals surface area (Å²) in [4.78, 5) is 12.8. The van der Waals surface area contributed by atoms with Crippen molar-refractivity contribution in [3.05, 3.63) is 0 Å². The molecule has 0 aliphatic carbocycles. The van der Waals surface area contributed by atoms with E-state index in [1.165, 1.54) is 0 Å². The van der Waals surface area contributed by atoms with Gasteiger partial charge in [-0.25, -0.2) is 4.79 Å². The van der Waals surface area contributed by atoms with E-state index in [1.807, 2.05) is 20.8 Å². The van der Waals surface area contributed by atoms with Crippen LogP contribution in [-0.4, -0.2) is 40.3 Å². The zero-order valence-corrected chi connectivity index (χ0v) is 10.1. The van der Waals surface area contributed by atoms with Crippen molar-refractivity contribution in [1.29, 1.82) is 0 Å². The largest absolute Gasteiger partial charge is 0.465 e. The first kappa shape index (κ1) is 12.3. The SMILES string of the molecule is CC1CCC(N(C(=O)O)C(C)(C)C)CN1. The third-order valence-corrected chi connectivity index (χ3v) is 2.93. The molecular formula is C11H22N2O2. The fourth-order valence-corrected chi connectivity index (χ4v) is 2.19. The van der Waals surface area contributed by atoms with Crippen molar-refractivity contribution >= 4 is 6.09 Å². The van der Waals surface area contributed by atoms with Crippen LogP contribution in [0.25, 0.3) is 0 Å². The van der Waals surface area contributed by atoms with Crippen LogP contribution in [0.4, 0.5) is 4.79 Å². The number of rotatable bonds is 1. The molecule has 4 heteroatoms. The maximum absolute atomic E-state index is 11.2. The molecule has 0 saturated carbocycles. The van der Waals surface area contributed by atoms with Crippen molar-refractivity contribution in [2.24, 2.45) is 0 Å². The Morgan fingerprint density at radius 3 is 2.33 bits per heavy atom. The molecule has 1 heterocycles. The van der Waals surface area contributed by atoms with Crippen molar-refractivity contribution in [2.45, 2.75) is 58.2 Å². The van der Waals surface area contributed by atoms with Crippen LogP contribution in [0.1, 0.15) is 40.5 Å². The van der Waals surface area contributed by atoms with Gasteiger partial charge in [0.05, 0.1) is 0 Å². The molecule has 1 amide bonds. The van der Waals surface area contributed by atoms with Gasteiger partial charge in [-0.15, -0.1) is 0 Å². The number of piperidine rings is 1. The van der Waals surface area contributed by atoms with Crippen molar-refractivity contribution in [2.75, 3.05) is 6.54 Å². The van der Waals surface area contributed by atoms with Crippen LogP contribution in [0, 0.1) is 0 Å². The van der Waals surface area contributed by atoms with Crippen LogP contribution in [0.15, 0.2) is 0 Å². The van der Waals surface area contributed by atoms with E-state index in [-0.39, 0.29) is 11.6 Å². The van der Waals surface area contributed by atoms with Gasteiger partial charge in [0.15, 0.2) is 0 Å². The lowest BCUT2D eigenvalue weighted by Crippen LogP contribution is -2.57. The fourth-order valence-electron chi connectivity index (χ4n) is 2.19. The number of hydrogen-bond donors (Lipinski definition) is 2. The summed E-state index contributed by atoms with van der Waals surface area (Å²) < 4.78 is 0. The monoisotopic (exact) mass is 214 g/mol. The summed E-state index contributed by atoms with van der Waals surface area (Å²) in [5.74, 6) is 0. The predicted octanol–water partition coefficient (Wildman–Crippen LogP) is 1.91. The van der Waals surface area contributed by atoms with Crippen molar-refractivity contribution in [3.63, 3.8) is 0 Å². The molecule has 1 rings (SSSR count). The lowest BCUT2D eigenvalue weighted by Gasteiger charge is -2.42. The van der Waals surface area contributed by atoms with Gasteiger partial charge in [-0.1, -0.05) is 0 Å². The van der Waals surface area contributed by atoms with E-state index in [0.29, 0.717) is 6.04 Å². The van der Waals surface area contributed by atoms with E-state index in [1.54, 1.807) is 4.90 Å². The molecule has 0 bridgehead atoms. The molecule has 0 aromatic heterocycles. The molecule has 15 heavy (non-hydrogen) atoms. The second kappa shape index (κ2) is 4.39. The summed E-state index contributed by atoms with van der Waals surface area (Å²) in [5, 5.41) is 12.6. The van der Waals surface area contributed by atoms with Gasteiger partial charge in [0.2, 0.25) is 0 Å². The second-order valence-corrected chi connectivity index (χ2v) is 5.36. The number of carboxylic acid groups (broad SMARTS) is 1. The van der Waals surface area contributed by atoms with Gasteiger partial charge in [0, 0.05) is 24.2 Å². The Kier molecular flexibility index (Phi) is 3.60. The van der Waals surface area contributed by atoms with Gasteiger partial charge in [-0.05, 0) is 40.5 Å². The van der Waals surface area contributed by atoms with Gasteiger partial charge < -0.3 is 10.4 Å². The number of nitrogens with one attached hydrogen (secondary N) is 1. The highest BCUT2D eigenvalue weighted by molar-refractivity contribution is 5.66. The van der Waals surface area contributed by atoms with E-state index in [0.717, 1.165) is 19.4 Å². The van der Waals surface area contributed by atoms with E-state index in [4.69, 9.17) is 0 Å². The van der Waals surface area contributed by atoms with Gasteiger partial charge >= 0.3 is 6.09 Å². The van der Waals surface area contributed by atoms with Crippen LogP contribution < -0.4 is 5.32 Å². The highest BCUT2D eigenvalue weighted by Gasteiger charge is 2.34. The molecule has 88 valence electrons. The van der Waals surface area contributed by atoms with Crippen molar-refractivity contribution in [1.82, 2.24) is 10.2 Å². The topological polar surface area (TPSA) is 52.6 Å². The smallest absolute Gasteiger partial charge is 0.408 e. The quantitative estimate of drug-likeness (QED) is 0.701. The molecule has 0 aromatic rings. The average molecular weight is 214 g/mol. The van der Waals surface area contributed by atoms with E-state index >= 15 is 0 Å². The van der Waals surface area contributed by atoms with Gasteiger partial charge in [-0.3, -0.25) is 4.90 Å². The number of nitrogens with zero attached hydrogens (tertiary/aromatic N) is 1. The molecule has 1 fully saturated rings. The van der Waals surface area contributed by atoms with E-state index in [2.05, 4.69) is 12.2 Å². The first-order chi connectivity index (χ1) is 6.82. The van der Waals surface area contributed by atoms with E-state index < -0.39 is 6.09 Å². The lowest BCUT2D eigenvalue weighted by atomic mass is 9.96. The lowest BCUT2D eigenvalue weighted by molar-refractivity contribution is 0.0577. The Balaban J connectivity index is 2.69. The summed E-state index contributed by atoms with van der Waals surface area (Å²) in [6, 6.07) is 0.621. The molecule has 1 saturated heterocycles. The number of hydrogen-bond acceptors (Lipinski definition) is 2. The summed E-state index contributed by atoms with van der Waals surface area (Å²) in [6.07, 6.45) is 1.19. The summed E-state index contributed by atoms with van der Waals surface area (Å²) in [5.41, 5.74) is -0.321. The molecule has 2 N–H and O–H groups in total.